The highest BCUT2D eigenvalue weighted by molar-refractivity contribution is 5.93. The van der Waals surface area contributed by atoms with Gasteiger partial charge in [-0.1, -0.05) is 30.3 Å². The summed E-state index contributed by atoms with van der Waals surface area (Å²) in [6.45, 7) is 0.211. The summed E-state index contributed by atoms with van der Waals surface area (Å²) in [7, 11) is 0. The number of carboxylic acids is 1. The number of amides is 1. The van der Waals surface area contributed by atoms with Crippen molar-refractivity contribution >= 4 is 11.9 Å². The Balaban J connectivity index is 2.02. The fourth-order valence-electron chi connectivity index (χ4n) is 1.91. The van der Waals surface area contributed by atoms with E-state index in [-0.39, 0.29) is 6.54 Å². The zero-order valence-electron chi connectivity index (χ0n) is 11.3. The minimum Gasteiger partial charge on any atom is -0.479 e. The molecule has 1 unspecified atom stereocenters. The van der Waals surface area contributed by atoms with Crippen molar-refractivity contribution in [3.8, 4) is 0 Å². The molecule has 1 aromatic carbocycles. The number of rotatable bonds is 6. The minimum atomic E-state index is -1.61. The van der Waals surface area contributed by atoms with Gasteiger partial charge in [-0.15, -0.1) is 0 Å². The molecule has 1 amide bonds. The molecule has 0 bridgehead atoms. The van der Waals surface area contributed by atoms with Crippen molar-refractivity contribution in [1.29, 1.82) is 0 Å². The predicted octanol–water partition coefficient (Wildman–Crippen LogP) is 0.712. The smallest absolute Gasteiger partial charge is 0.334 e. The third-order valence-corrected chi connectivity index (χ3v) is 3.00. The van der Waals surface area contributed by atoms with Crippen LogP contribution in [0.3, 0.4) is 0 Å². The Morgan fingerprint density at radius 1 is 1.14 bits per heavy atom. The Kier molecular flexibility index (Phi) is 4.73. The molecule has 0 aliphatic heterocycles. The van der Waals surface area contributed by atoms with Crippen LogP contribution in [-0.4, -0.2) is 39.3 Å². The summed E-state index contributed by atoms with van der Waals surface area (Å²) in [6, 6.07) is 13.0. The molecule has 1 heterocycles. The fraction of sp³-hybridized carbons (Fsp3) is 0.200. The number of nitrogens with one attached hydrogen (secondary N) is 1. The van der Waals surface area contributed by atoms with Gasteiger partial charge < -0.3 is 20.1 Å². The average molecular weight is 288 g/mol. The Morgan fingerprint density at radius 3 is 2.52 bits per heavy atom. The van der Waals surface area contributed by atoms with E-state index in [4.69, 9.17) is 10.2 Å². The molecular formula is C15H16N2O4. The van der Waals surface area contributed by atoms with Crippen LogP contribution >= 0.6 is 0 Å². The van der Waals surface area contributed by atoms with Gasteiger partial charge in [-0.25, -0.2) is 4.79 Å². The molecule has 0 aliphatic carbocycles. The SMILES string of the molecule is O=C(NCC(O)C(=O)O)c1cccn1Cc1ccccc1. The van der Waals surface area contributed by atoms with Crippen molar-refractivity contribution in [2.75, 3.05) is 6.54 Å². The van der Waals surface area contributed by atoms with Crippen molar-refractivity contribution in [3.05, 3.63) is 59.9 Å². The first-order valence-corrected chi connectivity index (χ1v) is 6.46. The van der Waals surface area contributed by atoms with Gasteiger partial charge in [-0.2, -0.15) is 0 Å². The Hall–Kier alpha value is -2.60. The number of aliphatic hydroxyl groups is 1. The highest BCUT2D eigenvalue weighted by Crippen LogP contribution is 2.07. The molecule has 21 heavy (non-hydrogen) atoms. The summed E-state index contributed by atoms with van der Waals surface area (Å²) in [4.78, 5) is 22.5. The maximum absolute atomic E-state index is 12.0. The zero-order valence-corrected chi connectivity index (χ0v) is 11.3. The van der Waals surface area contributed by atoms with Crippen LogP contribution < -0.4 is 5.32 Å². The van der Waals surface area contributed by atoms with Crippen LogP contribution in [0.25, 0.3) is 0 Å². The second kappa shape index (κ2) is 6.71. The molecule has 1 atom stereocenters. The van der Waals surface area contributed by atoms with E-state index in [0.717, 1.165) is 5.56 Å². The topological polar surface area (TPSA) is 91.6 Å². The van der Waals surface area contributed by atoms with Gasteiger partial charge in [0.15, 0.2) is 6.10 Å². The van der Waals surface area contributed by atoms with E-state index in [1.165, 1.54) is 0 Å². The van der Waals surface area contributed by atoms with Crippen LogP contribution in [0.4, 0.5) is 0 Å². The minimum absolute atomic E-state index is 0.329. The van der Waals surface area contributed by atoms with Gasteiger partial charge in [0.2, 0.25) is 0 Å². The van der Waals surface area contributed by atoms with Crippen LogP contribution in [0, 0.1) is 0 Å². The number of hydrogen-bond acceptors (Lipinski definition) is 3. The second-order valence-corrected chi connectivity index (χ2v) is 4.57. The predicted molar refractivity (Wildman–Crippen MR) is 76.0 cm³/mol. The van der Waals surface area contributed by atoms with Crippen LogP contribution in [0.1, 0.15) is 16.1 Å². The van der Waals surface area contributed by atoms with Crippen LogP contribution in [-0.2, 0) is 11.3 Å². The molecule has 6 heteroatoms. The largest absolute Gasteiger partial charge is 0.479 e. The Labute approximate surface area is 121 Å². The zero-order chi connectivity index (χ0) is 15.2. The first-order valence-electron chi connectivity index (χ1n) is 6.46. The van der Waals surface area contributed by atoms with Crippen molar-refractivity contribution in [3.63, 3.8) is 0 Å². The molecule has 6 nitrogen and oxygen atoms in total. The van der Waals surface area contributed by atoms with E-state index in [1.807, 2.05) is 30.3 Å². The lowest BCUT2D eigenvalue weighted by atomic mass is 10.2. The molecule has 0 aliphatic rings. The Morgan fingerprint density at radius 2 is 1.86 bits per heavy atom. The van der Waals surface area contributed by atoms with E-state index in [2.05, 4.69) is 5.32 Å². The van der Waals surface area contributed by atoms with Gasteiger partial charge in [0, 0.05) is 12.7 Å². The monoisotopic (exact) mass is 288 g/mol. The lowest BCUT2D eigenvalue weighted by Gasteiger charge is -2.11. The molecule has 3 N–H and O–H groups in total. The van der Waals surface area contributed by atoms with Gasteiger partial charge in [-0.3, -0.25) is 4.79 Å². The number of aromatic nitrogens is 1. The number of aliphatic carboxylic acids is 1. The number of aliphatic hydroxyl groups excluding tert-OH is 1. The normalized spacial score (nSPS) is 11.9. The first-order chi connectivity index (χ1) is 10.1. The number of nitrogens with zero attached hydrogens (tertiary/aromatic N) is 1. The third kappa shape index (κ3) is 3.93. The van der Waals surface area contributed by atoms with Gasteiger partial charge in [0.25, 0.3) is 5.91 Å². The summed E-state index contributed by atoms with van der Waals surface area (Å²) < 4.78 is 1.76. The quantitative estimate of drug-likeness (QED) is 0.730. The maximum atomic E-state index is 12.0. The van der Waals surface area contributed by atoms with E-state index in [9.17, 15) is 9.59 Å². The average Bonchev–Trinajstić information content (AvgIpc) is 2.93. The molecule has 0 saturated heterocycles. The van der Waals surface area contributed by atoms with Crippen molar-refractivity contribution in [2.45, 2.75) is 12.6 Å². The highest BCUT2D eigenvalue weighted by atomic mass is 16.4. The molecule has 2 aromatic rings. The maximum Gasteiger partial charge on any atom is 0.334 e. The molecule has 0 saturated carbocycles. The lowest BCUT2D eigenvalue weighted by Crippen LogP contribution is -2.37. The summed E-state index contributed by atoms with van der Waals surface area (Å²) >= 11 is 0. The summed E-state index contributed by atoms with van der Waals surface area (Å²) in [5.74, 6) is -1.79. The molecule has 1 aromatic heterocycles. The van der Waals surface area contributed by atoms with Gasteiger partial charge in [0.05, 0.1) is 6.54 Å². The van der Waals surface area contributed by atoms with E-state index >= 15 is 0 Å². The molecule has 0 fully saturated rings. The molecule has 0 spiro atoms. The van der Waals surface area contributed by atoms with Gasteiger partial charge in [-0.05, 0) is 17.7 Å². The molecular weight excluding hydrogens is 272 g/mol. The Bertz CT molecular complexity index is 622. The van der Waals surface area contributed by atoms with E-state index < -0.39 is 18.0 Å². The number of carboxylic acid groups (broad SMARTS) is 1. The molecule has 2 rings (SSSR count). The van der Waals surface area contributed by atoms with Crippen LogP contribution in [0.15, 0.2) is 48.7 Å². The second-order valence-electron chi connectivity index (χ2n) is 4.57. The summed E-state index contributed by atoms with van der Waals surface area (Å²) in [5.41, 5.74) is 1.46. The summed E-state index contributed by atoms with van der Waals surface area (Å²) in [5, 5.41) is 20.1. The number of hydrogen-bond donors (Lipinski definition) is 3. The van der Waals surface area contributed by atoms with E-state index in [1.54, 1.807) is 22.9 Å². The van der Waals surface area contributed by atoms with E-state index in [0.29, 0.717) is 12.2 Å². The van der Waals surface area contributed by atoms with Gasteiger partial charge >= 0.3 is 5.97 Å². The molecule has 110 valence electrons. The van der Waals surface area contributed by atoms with Crippen molar-refractivity contribution in [2.24, 2.45) is 0 Å². The van der Waals surface area contributed by atoms with Crippen LogP contribution in [0.2, 0.25) is 0 Å². The first kappa shape index (κ1) is 14.8. The number of carbonyl (C=O) groups is 2. The van der Waals surface area contributed by atoms with Crippen molar-refractivity contribution in [1.82, 2.24) is 9.88 Å². The lowest BCUT2D eigenvalue weighted by molar-refractivity contribution is -0.146. The highest BCUT2D eigenvalue weighted by Gasteiger charge is 2.16. The number of benzene rings is 1. The molecule has 0 radical (unpaired) electrons. The summed E-state index contributed by atoms with van der Waals surface area (Å²) in [6.07, 6.45) is 0.168. The fourth-order valence-corrected chi connectivity index (χ4v) is 1.91. The number of carbonyl (C=O) groups excluding carboxylic acids is 1. The van der Waals surface area contributed by atoms with Crippen LogP contribution in [0.5, 0.6) is 0 Å². The standard InChI is InChI=1S/C15H16N2O4/c18-13(15(20)21)9-16-14(19)12-7-4-8-17(12)10-11-5-2-1-3-6-11/h1-8,13,18H,9-10H2,(H,16,19)(H,20,21). The van der Waals surface area contributed by atoms with Gasteiger partial charge in [0.1, 0.15) is 5.69 Å². The third-order valence-electron chi connectivity index (χ3n) is 3.00. The van der Waals surface area contributed by atoms with Crippen molar-refractivity contribution < 1.29 is 19.8 Å².